The van der Waals surface area contributed by atoms with Crippen molar-refractivity contribution in [2.24, 2.45) is 0 Å². The summed E-state index contributed by atoms with van der Waals surface area (Å²) in [6.45, 7) is 14.3. The quantitative estimate of drug-likeness (QED) is 0.270. The van der Waals surface area contributed by atoms with Crippen LogP contribution in [0.1, 0.15) is 47.0 Å². The molecule has 0 saturated heterocycles. The molecular weight excluding hydrogens is 252 g/mol. The Morgan fingerprint density at radius 3 is 2.16 bits per heavy atom. The van der Waals surface area contributed by atoms with E-state index < -0.39 is 8.07 Å². The van der Waals surface area contributed by atoms with E-state index >= 15 is 0 Å². The number of rotatable bonds is 8. The monoisotopic (exact) mass is 284 g/mol. The third-order valence-electron chi connectivity index (χ3n) is 4.49. The normalized spacial score (nSPS) is 15.5. The summed E-state index contributed by atoms with van der Waals surface area (Å²) in [5.41, 5.74) is 0.448. The van der Waals surface area contributed by atoms with Crippen molar-refractivity contribution in [2.45, 2.75) is 70.6 Å². The molecule has 0 amide bonds. The summed E-state index contributed by atoms with van der Waals surface area (Å²) in [7, 11) is -1.48. The van der Waals surface area contributed by atoms with Crippen LogP contribution in [0.25, 0.3) is 0 Å². The lowest BCUT2D eigenvalue weighted by molar-refractivity contribution is -0.242. The Hall–Kier alpha value is -0.383. The molecule has 1 N–H and O–H groups in total. The van der Waals surface area contributed by atoms with Gasteiger partial charge in [-0.15, -0.1) is 0 Å². The van der Waals surface area contributed by atoms with Gasteiger partial charge in [0.05, 0.1) is 14.7 Å². The van der Waals surface area contributed by atoms with Gasteiger partial charge in [-0.1, -0.05) is 65.1 Å². The lowest BCUT2D eigenvalue weighted by Gasteiger charge is -2.42. The van der Waals surface area contributed by atoms with Crippen molar-refractivity contribution < 1.29 is 10.1 Å². The Balaban J connectivity index is 4.54. The standard InChI is InChI=1S/C16H32O2Si/c1-7-8-9-10-11-12-13-15(14-18-17)19(5,6)16(2,3)4/h8-9,11-12,15,17H,7,10,13-14H2,1-6H3/b9-8-,12-11-/t15-/m0/s1. The van der Waals surface area contributed by atoms with Crippen molar-refractivity contribution in [2.75, 3.05) is 6.61 Å². The van der Waals surface area contributed by atoms with Crippen LogP contribution in [0, 0.1) is 0 Å². The highest BCUT2D eigenvalue weighted by Gasteiger charge is 2.41. The Morgan fingerprint density at radius 2 is 1.68 bits per heavy atom. The molecule has 0 fully saturated rings. The second kappa shape index (κ2) is 8.72. The van der Waals surface area contributed by atoms with Crippen molar-refractivity contribution in [3.63, 3.8) is 0 Å². The first kappa shape index (κ1) is 18.6. The topological polar surface area (TPSA) is 29.5 Å². The van der Waals surface area contributed by atoms with Gasteiger partial charge in [0.25, 0.3) is 0 Å². The first-order valence-electron chi connectivity index (χ1n) is 7.33. The van der Waals surface area contributed by atoms with Crippen LogP contribution in [-0.2, 0) is 4.89 Å². The zero-order valence-electron chi connectivity index (χ0n) is 13.6. The molecule has 2 nitrogen and oxygen atoms in total. The zero-order chi connectivity index (χ0) is 14.9. The van der Waals surface area contributed by atoms with E-state index in [4.69, 9.17) is 5.26 Å². The summed E-state index contributed by atoms with van der Waals surface area (Å²) in [6, 6.07) is 0. The summed E-state index contributed by atoms with van der Waals surface area (Å²) >= 11 is 0. The van der Waals surface area contributed by atoms with Gasteiger partial charge in [-0.2, -0.15) is 0 Å². The second-order valence-electron chi connectivity index (χ2n) is 6.79. The summed E-state index contributed by atoms with van der Waals surface area (Å²) in [6.07, 6.45) is 11.9. The summed E-state index contributed by atoms with van der Waals surface area (Å²) in [5, 5.41) is 9.14. The first-order chi connectivity index (χ1) is 8.77. The second-order valence-corrected chi connectivity index (χ2v) is 12.5. The molecule has 0 aromatic carbocycles. The van der Waals surface area contributed by atoms with E-state index in [0.29, 0.717) is 17.2 Å². The highest BCUT2D eigenvalue weighted by atomic mass is 28.3. The highest BCUT2D eigenvalue weighted by Crippen LogP contribution is 2.45. The van der Waals surface area contributed by atoms with E-state index in [0.717, 1.165) is 19.3 Å². The molecule has 0 aromatic rings. The fraction of sp³-hybridized carbons (Fsp3) is 0.750. The van der Waals surface area contributed by atoms with Crippen LogP contribution in [-0.4, -0.2) is 19.9 Å². The number of hydrogen-bond acceptors (Lipinski definition) is 2. The molecule has 3 heteroatoms. The van der Waals surface area contributed by atoms with Crippen LogP contribution in [0.15, 0.2) is 24.3 Å². The smallest absolute Gasteiger partial charge is 0.0827 e. The van der Waals surface area contributed by atoms with E-state index in [-0.39, 0.29) is 0 Å². The molecule has 0 rings (SSSR count). The Kier molecular flexibility index (Phi) is 8.55. The number of allylic oxidation sites excluding steroid dienone is 4. The summed E-state index contributed by atoms with van der Waals surface area (Å²) in [4.78, 5) is 4.47. The van der Waals surface area contributed by atoms with Gasteiger partial charge in [0, 0.05) is 0 Å². The van der Waals surface area contributed by atoms with Gasteiger partial charge in [-0.05, 0) is 29.8 Å². The molecule has 0 bridgehead atoms. The minimum Gasteiger partial charge on any atom is -0.252 e. The van der Waals surface area contributed by atoms with Crippen molar-refractivity contribution in [1.29, 1.82) is 0 Å². The van der Waals surface area contributed by atoms with Gasteiger partial charge < -0.3 is 0 Å². The van der Waals surface area contributed by atoms with Crippen molar-refractivity contribution in [1.82, 2.24) is 0 Å². The molecule has 0 aliphatic heterocycles. The maximum Gasteiger partial charge on any atom is 0.0827 e. The lowest BCUT2D eigenvalue weighted by Crippen LogP contribution is -2.43. The van der Waals surface area contributed by atoms with E-state index in [1.54, 1.807) is 0 Å². The Morgan fingerprint density at radius 1 is 1.11 bits per heavy atom. The SMILES string of the molecule is CC/C=C\C/C=C\C[C@@H](COO)[Si](C)(C)C(C)(C)C. The summed E-state index contributed by atoms with van der Waals surface area (Å²) in [5.74, 6) is 0. The van der Waals surface area contributed by atoms with Crippen molar-refractivity contribution in [3.8, 4) is 0 Å². The average molecular weight is 285 g/mol. The number of hydrogen-bond donors (Lipinski definition) is 1. The van der Waals surface area contributed by atoms with E-state index in [2.05, 4.69) is 70.0 Å². The van der Waals surface area contributed by atoms with Gasteiger partial charge in [-0.3, -0.25) is 5.26 Å². The predicted molar refractivity (Wildman–Crippen MR) is 87.3 cm³/mol. The maximum absolute atomic E-state index is 8.83. The molecule has 0 radical (unpaired) electrons. The molecule has 112 valence electrons. The molecular formula is C16H32O2Si. The minimum absolute atomic E-state index is 0.312. The molecule has 0 aliphatic carbocycles. The summed E-state index contributed by atoms with van der Waals surface area (Å²) < 4.78 is 0. The lowest BCUT2D eigenvalue weighted by atomic mass is 10.2. The van der Waals surface area contributed by atoms with Crippen molar-refractivity contribution >= 4 is 8.07 Å². The van der Waals surface area contributed by atoms with Crippen LogP contribution in [0.2, 0.25) is 23.7 Å². The molecule has 19 heavy (non-hydrogen) atoms. The molecule has 0 unspecified atom stereocenters. The van der Waals surface area contributed by atoms with Crippen LogP contribution in [0.3, 0.4) is 0 Å². The Bertz CT molecular complexity index is 288. The van der Waals surface area contributed by atoms with Crippen LogP contribution in [0.5, 0.6) is 0 Å². The van der Waals surface area contributed by atoms with Crippen LogP contribution >= 0.6 is 0 Å². The molecule has 0 aromatic heterocycles. The van der Waals surface area contributed by atoms with Gasteiger partial charge in [-0.25, -0.2) is 4.89 Å². The molecule has 0 aliphatic rings. The van der Waals surface area contributed by atoms with E-state index in [1.165, 1.54) is 0 Å². The molecule has 0 heterocycles. The third-order valence-corrected chi connectivity index (χ3v) is 10.8. The predicted octanol–water partition coefficient (Wildman–Crippen LogP) is 5.66. The fourth-order valence-electron chi connectivity index (χ4n) is 1.97. The average Bonchev–Trinajstić information content (AvgIpc) is 2.30. The first-order valence-corrected chi connectivity index (χ1v) is 10.4. The highest BCUT2D eigenvalue weighted by molar-refractivity contribution is 6.81. The van der Waals surface area contributed by atoms with Crippen LogP contribution < -0.4 is 0 Å². The maximum atomic E-state index is 8.83. The van der Waals surface area contributed by atoms with Gasteiger partial charge in [0.2, 0.25) is 0 Å². The largest absolute Gasteiger partial charge is 0.252 e. The van der Waals surface area contributed by atoms with Crippen molar-refractivity contribution in [3.05, 3.63) is 24.3 Å². The van der Waals surface area contributed by atoms with E-state index in [9.17, 15) is 0 Å². The van der Waals surface area contributed by atoms with E-state index in [1.807, 2.05) is 0 Å². The molecule has 0 saturated carbocycles. The third kappa shape index (κ3) is 6.55. The van der Waals surface area contributed by atoms with Gasteiger partial charge in [0.15, 0.2) is 0 Å². The Labute approximate surface area is 120 Å². The molecule has 1 atom stereocenters. The fourth-order valence-corrected chi connectivity index (χ4v) is 4.41. The zero-order valence-corrected chi connectivity index (χ0v) is 14.6. The minimum atomic E-state index is -1.48. The van der Waals surface area contributed by atoms with Gasteiger partial charge >= 0.3 is 0 Å². The van der Waals surface area contributed by atoms with Gasteiger partial charge in [0.1, 0.15) is 0 Å². The van der Waals surface area contributed by atoms with Crippen LogP contribution in [0.4, 0.5) is 0 Å². The molecule has 0 spiro atoms.